The number of furan rings is 1. The summed E-state index contributed by atoms with van der Waals surface area (Å²) in [5.74, 6) is 0.0160. The predicted octanol–water partition coefficient (Wildman–Crippen LogP) is 3.93. The van der Waals surface area contributed by atoms with Gasteiger partial charge in [0.25, 0.3) is 0 Å². The molecule has 25 heavy (non-hydrogen) atoms. The van der Waals surface area contributed by atoms with Crippen LogP contribution in [-0.2, 0) is 11.2 Å². The Balaban J connectivity index is 2.06. The molecule has 6 heteroatoms. The highest BCUT2D eigenvalue weighted by Gasteiger charge is 2.31. The van der Waals surface area contributed by atoms with E-state index in [1.54, 1.807) is 18.2 Å². The van der Waals surface area contributed by atoms with Crippen molar-refractivity contribution in [3.8, 4) is 17.1 Å². The van der Waals surface area contributed by atoms with Crippen LogP contribution in [0.25, 0.3) is 22.3 Å². The molecule has 1 atom stereocenters. The lowest BCUT2D eigenvalue weighted by Gasteiger charge is -2.06. The molecule has 3 aromatic rings. The number of nitrogen functional groups attached to an aromatic ring is 1. The third-order valence-electron chi connectivity index (χ3n) is 4.37. The van der Waals surface area contributed by atoms with E-state index in [-0.39, 0.29) is 11.9 Å². The van der Waals surface area contributed by atoms with E-state index in [1.165, 1.54) is 19.2 Å². The maximum Gasteiger partial charge on any atom is 0.342 e. The van der Waals surface area contributed by atoms with Crippen molar-refractivity contribution in [3.05, 3.63) is 47.3 Å². The lowest BCUT2D eigenvalue weighted by molar-refractivity contribution is 0.0603. The van der Waals surface area contributed by atoms with Crippen LogP contribution in [0.1, 0.15) is 22.8 Å². The Bertz CT molecular complexity index is 991. The van der Waals surface area contributed by atoms with Gasteiger partial charge >= 0.3 is 5.97 Å². The number of hydrogen-bond donors (Lipinski definition) is 1. The van der Waals surface area contributed by atoms with Crippen LogP contribution in [0.15, 0.2) is 34.7 Å². The van der Waals surface area contributed by atoms with Gasteiger partial charge in [0, 0.05) is 29.0 Å². The molecule has 0 saturated heterocycles. The molecular formula is C19H16FNO4. The summed E-state index contributed by atoms with van der Waals surface area (Å²) in [6.07, 6.45) is 0.570. The third-order valence-corrected chi connectivity index (χ3v) is 4.37. The molecule has 1 aliphatic rings. The fraction of sp³-hybridized carbons (Fsp3) is 0.211. The molecule has 0 radical (unpaired) electrons. The molecule has 0 spiro atoms. The molecule has 0 aliphatic carbocycles. The molecule has 1 unspecified atom stereocenters. The molecule has 2 aromatic carbocycles. The number of nitrogens with two attached hydrogens (primary N) is 1. The maximum atomic E-state index is 13.3. The summed E-state index contributed by atoms with van der Waals surface area (Å²) >= 11 is 0. The second-order valence-electron chi connectivity index (χ2n) is 6.08. The van der Waals surface area contributed by atoms with E-state index < -0.39 is 5.97 Å². The fourth-order valence-corrected chi connectivity index (χ4v) is 3.31. The van der Waals surface area contributed by atoms with Crippen LogP contribution in [0.2, 0.25) is 0 Å². The molecule has 0 fully saturated rings. The largest absolute Gasteiger partial charge is 0.488 e. The van der Waals surface area contributed by atoms with Crippen LogP contribution in [0.5, 0.6) is 5.75 Å². The van der Waals surface area contributed by atoms with Crippen molar-refractivity contribution in [2.75, 3.05) is 12.8 Å². The van der Waals surface area contributed by atoms with Gasteiger partial charge in [-0.25, -0.2) is 9.18 Å². The minimum absolute atomic E-state index is 0.0439. The van der Waals surface area contributed by atoms with Crippen LogP contribution < -0.4 is 10.5 Å². The van der Waals surface area contributed by atoms with Gasteiger partial charge in [-0.1, -0.05) is 0 Å². The van der Waals surface area contributed by atoms with E-state index in [2.05, 4.69) is 0 Å². The quantitative estimate of drug-likeness (QED) is 0.565. The Kier molecular flexibility index (Phi) is 3.42. The van der Waals surface area contributed by atoms with Gasteiger partial charge in [0.05, 0.1) is 12.8 Å². The topological polar surface area (TPSA) is 74.7 Å². The Hall–Kier alpha value is -3.02. The van der Waals surface area contributed by atoms with Crippen LogP contribution in [-0.4, -0.2) is 19.2 Å². The van der Waals surface area contributed by atoms with Crippen molar-refractivity contribution < 1.29 is 23.1 Å². The maximum absolute atomic E-state index is 13.3. The molecule has 5 nitrogen and oxygen atoms in total. The molecule has 0 saturated carbocycles. The second kappa shape index (κ2) is 5.51. The Labute approximate surface area is 143 Å². The zero-order valence-electron chi connectivity index (χ0n) is 13.8. The molecule has 2 heterocycles. The number of rotatable bonds is 2. The predicted molar refractivity (Wildman–Crippen MR) is 91.2 cm³/mol. The molecule has 1 aromatic heterocycles. The fourth-order valence-electron chi connectivity index (χ4n) is 3.31. The number of fused-ring (bicyclic) bond motifs is 3. The first-order chi connectivity index (χ1) is 12.0. The van der Waals surface area contributed by atoms with Gasteiger partial charge < -0.3 is 19.6 Å². The minimum Gasteiger partial charge on any atom is -0.488 e. The van der Waals surface area contributed by atoms with Crippen molar-refractivity contribution in [1.29, 1.82) is 0 Å². The molecule has 2 N–H and O–H groups in total. The Morgan fingerprint density at radius 1 is 1.32 bits per heavy atom. The summed E-state index contributed by atoms with van der Waals surface area (Å²) in [5, 5.41) is 0.639. The van der Waals surface area contributed by atoms with E-state index in [0.29, 0.717) is 45.7 Å². The molecule has 128 valence electrons. The monoisotopic (exact) mass is 341 g/mol. The van der Waals surface area contributed by atoms with Crippen molar-refractivity contribution in [1.82, 2.24) is 0 Å². The zero-order valence-corrected chi connectivity index (χ0v) is 13.8. The molecule has 0 bridgehead atoms. The highest BCUT2D eigenvalue weighted by atomic mass is 19.1. The number of halogens is 1. The number of benzene rings is 2. The van der Waals surface area contributed by atoms with E-state index in [9.17, 15) is 9.18 Å². The van der Waals surface area contributed by atoms with E-state index in [1.807, 2.05) is 6.92 Å². The van der Waals surface area contributed by atoms with Gasteiger partial charge in [0.1, 0.15) is 34.6 Å². The standard InChI is InChI=1S/C19H16FNO4/c1-9-7-12-15-14(8-13(21)18(12)24-9)25-17(16(15)19(22)23-2)10-3-5-11(20)6-4-10/h3-6,8-9H,7,21H2,1-2H3. The van der Waals surface area contributed by atoms with E-state index >= 15 is 0 Å². The molecule has 4 rings (SSSR count). The number of carbonyl (C=O) groups is 1. The van der Waals surface area contributed by atoms with Crippen molar-refractivity contribution in [2.45, 2.75) is 19.4 Å². The first-order valence-corrected chi connectivity index (χ1v) is 7.88. The Morgan fingerprint density at radius 3 is 2.72 bits per heavy atom. The number of ether oxygens (including phenoxy) is 2. The van der Waals surface area contributed by atoms with Gasteiger partial charge in [0.15, 0.2) is 0 Å². The molecular weight excluding hydrogens is 325 g/mol. The number of hydrogen-bond acceptors (Lipinski definition) is 5. The summed E-state index contributed by atoms with van der Waals surface area (Å²) < 4.78 is 29.9. The van der Waals surface area contributed by atoms with Gasteiger partial charge in [-0.15, -0.1) is 0 Å². The summed E-state index contributed by atoms with van der Waals surface area (Å²) in [7, 11) is 1.31. The van der Waals surface area contributed by atoms with Crippen LogP contribution in [0.3, 0.4) is 0 Å². The normalized spacial score (nSPS) is 15.9. The average Bonchev–Trinajstić information content (AvgIpc) is 3.15. The number of anilines is 1. The molecule has 0 amide bonds. The molecule has 1 aliphatic heterocycles. The first-order valence-electron chi connectivity index (χ1n) is 7.88. The van der Waals surface area contributed by atoms with Crippen LogP contribution in [0, 0.1) is 5.82 Å². The van der Waals surface area contributed by atoms with E-state index in [4.69, 9.17) is 19.6 Å². The highest BCUT2D eigenvalue weighted by Crippen LogP contribution is 2.45. The second-order valence-corrected chi connectivity index (χ2v) is 6.08. The summed E-state index contributed by atoms with van der Waals surface area (Å²) in [4.78, 5) is 12.5. The average molecular weight is 341 g/mol. The lowest BCUT2D eigenvalue weighted by Crippen LogP contribution is -2.06. The highest BCUT2D eigenvalue weighted by molar-refractivity contribution is 6.11. The summed E-state index contributed by atoms with van der Waals surface area (Å²) in [6, 6.07) is 7.39. The lowest BCUT2D eigenvalue weighted by atomic mass is 9.98. The van der Waals surface area contributed by atoms with E-state index in [0.717, 1.165) is 5.56 Å². The Morgan fingerprint density at radius 2 is 2.04 bits per heavy atom. The third kappa shape index (κ3) is 2.33. The summed E-state index contributed by atoms with van der Waals surface area (Å²) in [6.45, 7) is 1.93. The zero-order chi connectivity index (χ0) is 17.7. The van der Waals surface area contributed by atoms with Crippen LogP contribution in [0.4, 0.5) is 10.1 Å². The van der Waals surface area contributed by atoms with Gasteiger partial charge in [-0.05, 0) is 31.2 Å². The van der Waals surface area contributed by atoms with Gasteiger partial charge in [-0.2, -0.15) is 0 Å². The SMILES string of the molecule is COC(=O)c1c(-c2ccc(F)cc2)oc2cc(N)c3c(c12)CC(C)O3. The van der Waals surface area contributed by atoms with Crippen molar-refractivity contribution in [3.63, 3.8) is 0 Å². The number of methoxy groups -OCH3 is 1. The van der Waals surface area contributed by atoms with Crippen molar-refractivity contribution in [2.24, 2.45) is 0 Å². The van der Waals surface area contributed by atoms with Gasteiger partial charge in [-0.3, -0.25) is 0 Å². The van der Waals surface area contributed by atoms with Crippen molar-refractivity contribution >= 4 is 22.6 Å². The smallest absolute Gasteiger partial charge is 0.342 e. The number of carbonyl (C=O) groups excluding carboxylic acids is 1. The number of esters is 1. The first kappa shape index (κ1) is 15.5. The van der Waals surface area contributed by atoms with Gasteiger partial charge in [0.2, 0.25) is 0 Å². The minimum atomic E-state index is -0.524. The van der Waals surface area contributed by atoms with Crippen LogP contribution >= 0.6 is 0 Å². The summed E-state index contributed by atoms with van der Waals surface area (Å²) in [5.41, 5.74) is 8.73.